The maximum atomic E-state index is 3.42. The highest BCUT2D eigenvalue weighted by Crippen LogP contribution is 2.22. The molecular weight excluding hydrogens is 246 g/mol. The van der Waals surface area contributed by atoms with Gasteiger partial charge in [-0.15, -0.1) is 0 Å². The van der Waals surface area contributed by atoms with Gasteiger partial charge in [0.25, 0.3) is 0 Å². The number of hydrogen-bond donors (Lipinski definition) is 1. The predicted molar refractivity (Wildman–Crippen MR) is 79.8 cm³/mol. The lowest BCUT2D eigenvalue weighted by molar-refractivity contribution is 0.751. The number of benzene rings is 1. The summed E-state index contributed by atoms with van der Waals surface area (Å²) in [7, 11) is 0. The van der Waals surface area contributed by atoms with Gasteiger partial charge in [0.15, 0.2) is 0 Å². The lowest BCUT2D eigenvalue weighted by Crippen LogP contribution is -2.29. The molecule has 1 nitrogen and oxygen atoms in total. The van der Waals surface area contributed by atoms with E-state index in [0.717, 1.165) is 23.9 Å². The second-order valence-electron chi connectivity index (χ2n) is 3.87. The van der Waals surface area contributed by atoms with Gasteiger partial charge in [-0.2, -0.15) is 23.5 Å². The molecule has 1 aromatic rings. The Balaban J connectivity index is 1.64. The number of hydrogen-bond acceptors (Lipinski definition) is 3. The van der Waals surface area contributed by atoms with Crippen LogP contribution in [0.15, 0.2) is 30.3 Å². The van der Waals surface area contributed by atoms with E-state index in [1.807, 2.05) is 30.3 Å². The van der Waals surface area contributed by atoms with Crippen molar-refractivity contribution in [2.75, 3.05) is 30.3 Å². The minimum absolute atomic E-state index is 0.771. The van der Waals surface area contributed by atoms with Crippen LogP contribution in [0.2, 0.25) is 0 Å². The minimum Gasteiger partial charge on any atom is -0.305 e. The average Bonchev–Trinajstić information content (AvgIpc) is 2.41. The topological polar surface area (TPSA) is 12.0 Å². The largest absolute Gasteiger partial charge is 0.305 e. The van der Waals surface area contributed by atoms with E-state index in [-0.39, 0.29) is 0 Å². The normalized spacial score (nSPS) is 19.4. The fourth-order valence-electron chi connectivity index (χ4n) is 1.62. The van der Waals surface area contributed by atoms with Crippen LogP contribution in [-0.2, 0) is 0 Å². The summed E-state index contributed by atoms with van der Waals surface area (Å²) < 4.78 is 0. The lowest BCUT2D eigenvalue weighted by atomic mass is 10.2. The molecule has 0 amide bonds. The summed E-state index contributed by atoms with van der Waals surface area (Å²) in [5, 5.41) is 4.19. The Morgan fingerprint density at radius 2 is 2.12 bits per heavy atom. The summed E-state index contributed by atoms with van der Waals surface area (Å²) in [4.78, 5) is 0. The van der Waals surface area contributed by atoms with Crippen LogP contribution in [0.3, 0.4) is 0 Å². The van der Waals surface area contributed by atoms with Crippen molar-refractivity contribution in [3.05, 3.63) is 35.9 Å². The molecule has 0 radical (unpaired) electrons. The van der Waals surface area contributed by atoms with Gasteiger partial charge < -0.3 is 5.32 Å². The zero-order valence-corrected chi connectivity index (χ0v) is 11.4. The van der Waals surface area contributed by atoms with E-state index in [1.54, 1.807) is 0 Å². The molecule has 1 aliphatic heterocycles. The van der Waals surface area contributed by atoms with E-state index < -0.39 is 0 Å². The Morgan fingerprint density at radius 1 is 1.24 bits per heavy atom. The van der Waals surface area contributed by atoms with E-state index in [0.29, 0.717) is 0 Å². The number of rotatable bonds is 3. The molecule has 0 saturated carbocycles. The second kappa shape index (κ2) is 7.71. The van der Waals surface area contributed by atoms with Crippen molar-refractivity contribution < 1.29 is 0 Å². The van der Waals surface area contributed by atoms with E-state index in [9.17, 15) is 0 Å². The Labute approximate surface area is 112 Å². The predicted octanol–water partition coefficient (Wildman–Crippen LogP) is 2.48. The quantitative estimate of drug-likeness (QED) is 0.665. The van der Waals surface area contributed by atoms with Crippen LogP contribution < -0.4 is 5.32 Å². The van der Waals surface area contributed by atoms with Crippen LogP contribution in [0.4, 0.5) is 0 Å². The summed E-state index contributed by atoms with van der Waals surface area (Å²) in [6, 6.07) is 10.1. The highest BCUT2D eigenvalue weighted by atomic mass is 32.2. The molecule has 1 heterocycles. The highest BCUT2D eigenvalue weighted by molar-refractivity contribution is 8.06. The van der Waals surface area contributed by atoms with Gasteiger partial charge in [0, 0.05) is 34.6 Å². The molecule has 2 rings (SSSR count). The Hall–Kier alpha value is -0.560. The van der Waals surface area contributed by atoms with Crippen LogP contribution in [0.25, 0.3) is 0 Å². The van der Waals surface area contributed by atoms with Crippen molar-refractivity contribution in [3.8, 4) is 11.8 Å². The SMILES string of the molecule is C(#Cc1ccccc1)CNCC1CSCCS1. The van der Waals surface area contributed by atoms with E-state index in [1.165, 1.54) is 17.3 Å². The maximum absolute atomic E-state index is 3.42. The van der Waals surface area contributed by atoms with Crippen molar-refractivity contribution >= 4 is 23.5 Å². The molecule has 1 atom stereocenters. The molecule has 0 spiro atoms. The molecule has 90 valence electrons. The monoisotopic (exact) mass is 263 g/mol. The lowest BCUT2D eigenvalue weighted by Gasteiger charge is -2.20. The fourth-order valence-corrected chi connectivity index (χ4v) is 4.26. The first-order valence-electron chi connectivity index (χ1n) is 5.89. The molecule has 17 heavy (non-hydrogen) atoms. The standard InChI is InChI=1S/C14H17NS2/c1-2-5-13(6-3-1)7-4-8-15-11-14-12-16-9-10-17-14/h1-3,5-6,14-15H,8-12H2. The molecule has 3 heteroatoms. The Morgan fingerprint density at radius 3 is 2.88 bits per heavy atom. The van der Waals surface area contributed by atoms with Crippen LogP contribution in [0.5, 0.6) is 0 Å². The Kier molecular flexibility index (Phi) is 5.84. The third-order valence-corrected chi connectivity index (χ3v) is 5.32. The average molecular weight is 263 g/mol. The van der Waals surface area contributed by atoms with Gasteiger partial charge in [-0.3, -0.25) is 0 Å². The molecular formula is C14H17NS2. The van der Waals surface area contributed by atoms with Gasteiger partial charge in [0.1, 0.15) is 0 Å². The molecule has 1 aromatic carbocycles. The van der Waals surface area contributed by atoms with E-state index >= 15 is 0 Å². The number of nitrogens with one attached hydrogen (secondary N) is 1. The fraction of sp³-hybridized carbons (Fsp3) is 0.429. The molecule has 1 aliphatic rings. The van der Waals surface area contributed by atoms with Gasteiger partial charge in [-0.1, -0.05) is 30.0 Å². The van der Waals surface area contributed by atoms with E-state index in [4.69, 9.17) is 0 Å². The Bertz CT molecular complexity index is 374. The third kappa shape index (κ3) is 5.08. The third-order valence-electron chi connectivity index (χ3n) is 2.48. The van der Waals surface area contributed by atoms with E-state index in [2.05, 4.69) is 40.7 Å². The van der Waals surface area contributed by atoms with Gasteiger partial charge in [-0.25, -0.2) is 0 Å². The molecule has 1 fully saturated rings. The van der Waals surface area contributed by atoms with Crippen LogP contribution in [-0.4, -0.2) is 35.6 Å². The smallest absolute Gasteiger partial charge is 0.0580 e. The molecule has 0 bridgehead atoms. The summed E-state index contributed by atoms with van der Waals surface area (Å²) in [5.41, 5.74) is 1.09. The molecule has 0 aliphatic carbocycles. The van der Waals surface area contributed by atoms with Crippen molar-refractivity contribution in [1.82, 2.24) is 5.32 Å². The van der Waals surface area contributed by atoms with Gasteiger partial charge in [0.05, 0.1) is 6.54 Å². The first-order chi connectivity index (χ1) is 8.45. The number of thioether (sulfide) groups is 2. The molecule has 1 saturated heterocycles. The molecule has 1 unspecified atom stereocenters. The first-order valence-corrected chi connectivity index (χ1v) is 8.09. The summed E-state index contributed by atoms with van der Waals surface area (Å²) >= 11 is 4.15. The summed E-state index contributed by atoms with van der Waals surface area (Å²) in [6.45, 7) is 1.87. The maximum Gasteiger partial charge on any atom is 0.0580 e. The molecule has 1 N–H and O–H groups in total. The van der Waals surface area contributed by atoms with Crippen molar-refractivity contribution in [1.29, 1.82) is 0 Å². The van der Waals surface area contributed by atoms with Crippen molar-refractivity contribution in [2.45, 2.75) is 5.25 Å². The van der Waals surface area contributed by atoms with Crippen LogP contribution in [0, 0.1) is 11.8 Å². The first kappa shape index (κ1) is 12.9. The van der Waals surface area contributed by atoms with Gasteiger partial charge in [0.2, 0.25) is 0 Å². The van der Waals surface area contributed by atoms with Crippen LogP contribution >= 0.6 is 23.5 Å². The zero-order valence-electron chi connectivity index (χ0n) is 9.82. The summed E-state index contributed by atoms with van der Waals surface area (Å²) in [6.07, 6.45) is 0. The minimum atomic E-state index is 0.771. The summed E-state index contributed by atoms with van der Waals surface area (Å²) in [5.74, 6) is 10.2. The molecule has 0 aromatic heterocycles. The highest BCUT2D eigenvalue weighted by Gasteiger charge is 2.12. The van der Waals surface area contributed by atoms with Crippen molar-refractivity contribution in [2.24, 2.45) is 0 Å². The zero-order chi connectivity index (χ0) is 11.8. The van der Waals surface area contributed by atoms with Crippen LogP contribution in [0.1, 0.15) is 5.56 Å². The second-order valence-corrected chi connectivity index (χ2v) is 6.42. The van der Waals surface area contributed by atoms with Crippen molar-refractivity contribution in [3.63, 3.8) is 0 Å². The van der Waals surface area contributed by atoms with Gasteiger partial charge in [-0.05, 0) is 12.1 Å². The van der Waals surface area contributed by atoms with Gasteiger partial charge >= 0.3 is 0 Å².